The number of nitriles is 2. The Morgan fingerprint density at radius 2 is 1.92 bits per heavy atom. The van der Waals surface area contributed by atoms with E-state index in [4.69, 9.17) is 11.6 Å². The Bertz CT molecular complexity index is 701. The van der Waals surface area contributed by atoms with Crippen molar-refractivity contribution in [3.05, 3.63) is 21.8 Å². The molecule has 2 rings (SSSR count). The highest BCUT2D eigenvalue weighted by Gasteiger charge is 2.24. The molecule has 0 saturated carbocycles. The summed E-state index contributed by atoms with van der Waals surface area (Å²) >= 11 is 6.17. The minimum atomic E-state index is 0.163. The van der Waals surface area contributed by atoms with Crippen LogP contribution in [0.25, 0.3) is 0 Å². The molecule has 1 saturated heterocycles. The first-order valence-electron chi connectivity index (χ1n) is 8.33. The van der Waals surface area contributed by atoms with E-state index in [2.05, 4.69) is 32.2 Å². The van der Waals surface area contributed by atoms with Gasteiger partial charge in [-0.1, -0.05) is 18.5 Å². The number of hydrogen-bond acceptors (Lipinski definition) is 6. The number of piperazine rings is 1. The number of nitrogens with one attached hydrogen (secondary N) is 1. The van der Waals surface area contributed by atoms with E-state index in [0.717, 1.165) is 39.1 Å². The van der Waals surface area contributed by atoms with Crippen molar-refractivity contribution in [3.8, 4) is 12.1 Å². The molecule has 0 radical (unpaired) electrons. The maximum absolute atomic E-state index is 10.2. The van der Waals surface area contributed by atoms with E-state index in [0.29, 0.717) is 41.9 Å². The number of carbonyl (C=O) groups excluding carboxylic acids is 1. The predicted octanol–water partition coefficient (Wildman–Crippen LogP) is 1.30. The van der Waals surface area contributed by atoms with Crippen LogP contribution in [0.1, 0.15) is 30.0 Å². The highest BCUT2D eigenvalue weighted by atomic mass is 35.5. The molecule has 8 heteroatoms. The molecule has 0 unspecified atom stereocenters. The van der Waals surface area contributed by atoms with Crippen LogP contribution in [-0.2, 0) is 11.2 Å². The number of aromatic nitrogens is 1. The maximum atomic E-state index is 10.2. The average Bonchev–Trinajstić information content (AvgIpc) is 2.64. The summed E-state index contributed by atoms with van der Waals surface area (Å²) in [5.41, 5.74) is 1.42. The zero-order valence-electron chi connectivity index (χ0n) is 14.3. The van der Waals surface area contributed by atoms with Crippen LogP contribution in [0, 0.1) is 22.7 Å². The van der Waals surface area contributed by atoms with Crippen LogP contribution < -0.4 is 10.2 Å². The first-order valence-corrected chi connectivity index (χ1v) is 8.70. The predicted molar refractivity (Wildman–Crippen MR) is 95.4 cm³/mol. The van der Waals surface area contributed by atoms with Gasteiger partial charge in [0.15, 0.2) is 0 Å². The molecule has 1 aromatic heterocycles. The van der Waals surface area contributed by atoms with Crippen LogP contribution >= 0.6 is 11.6 Å². The van der Waals surface area contributed by atoms with Crippen molar-refractivity contribution >= 4 is 23.8 Å². The Kier molecular flexibility index (Phi) is 7.00. The van der Waals surface area contributed by atoms with E-state index >= 15 is 0 Å². The van der Waals surface area contributed by atoms with Crippen molar-refractivity contribution in [3.63, 3.8) is 0 Å². The molecule has 25 heavy (non-hydrogen) atoms. The van der Waals surface area contributed by atoms with Gasteiger partial charge in [0, 0.05) is 32.7 Å². The van der Waals surface area contributed by atoms with Gasteiger partial charge in [-0.25, -0.2) is 4.98 Å². The van der Waals surface area contributed by atoms with Gasteiger partial charge in [-0.3, -0.25) is 9.69 Å². The van der Waals surface area contributed by atoms with E-state index < -0.39 is 0 Å². The van der Waals surface area contributed by atoms with E-state index in [9.17, 15) is 15.3 Å². The SMILES string of the molecule is CCc1c(C#N)c(Cl)nc(N2CCN(CCCNC=O)CC2)c1C#N. The fourth-order valence-corrected chi connectivity index (χ4v) is 3.29. The molecular formula is C17H21ClN6O. The van der Waals surface area contributed by atoms with Crippen LogP contribution in [0.15, 0.2) is 0 Å². The summed E-state index contributed by atoms with van der Waals surface area (Å²) in [7, 11) is 0. The van der Waals surface area contributed by atoms with Crippen molar-refractivity contribution in [1.29, 1.82) is 10.5 Å². The van der Waals surface area contributed by atoms with Crippen molar-refractivity contribution in [2.24, 2.45) is 0 Å². The van der Waals surface area contributed by atoms with Gasteiger partial charge in [0.25, 0.3) is 0 Å². The Labute approximate surface area is 152 Å². The summed E-state index contributed by atoms with van der Waals surface area (Å²) < 4.78 is 0. The Morgan fingerprint density at radius 1 is 1.24 bits per heavy atom. The maximum Gasteiger partial charge on any atom is 0.207 e. The Morgan fingerprint density at radius 3 is 2.48 bits per heavy atom. The second kappa shape index (κ2) is 9.22. The summed E-state index contributed by atoms with van der Waals surface area (Å²) in [4.78, 5) is 19.0. The molecule has 0 spiro atoms. The molecule has 0 atom stereocenters. The van der Waals surface area contributed by atoms with E-state index in [1.807, 2.05) is 6.92 Å². The van der Waals surface area contributed by atoms with Gasteiger partial charge in [-0.15, -0.1) is 0 Å². The molecule has 1 N–H and O–H groups in total. The molecule has 0 bridgehead atoms. The van der Waals surface area contributed by atoms with Crippen LogP contribution in [0.5, 0.6) is 0 Å². The summed E-state index contributed by atoms with van der Waals surface area (Å²) in [6.45, 7) is 6.70. The number of amides is 1. The highest BCUT2D eigenvalue weighted by Crippen LogP contribution is 2.29. The van der Waals surface area contributed by atoms with Crippen molar-refractivity contribution < 1.29 is 4.79 Å². The molecule has 0 aliphatic carbocycles. The molecule has 7 nitrogen and oxygen atoms in total. The lowest BCUT2D eigenvalue weighted by Gasteiger charge is -2.36. The molecular weight excluding hydrogens is 340 g/mol. The third-order valence-electron chi connectivity index (χ3n) is 4.37. The summed E-state index contributed by atoms with van der Waals surface area (Å²) in [5.74, 6) is 0.575. The second-order valence-corrected chi connectivity index (χ2v) is 6.14. The number of carbonyl (C=O) groups is 1. The van der Waals surface area contributed by atoms with Crippen LogP contribution in [0.3, 0.4) is 0 Å². The highest BCUT2D eigenvalue weighted by molar-refractivity contribution is 6.30. The molecule has 0 aromatic carbocycles. The van der Waals surface area contributed by atoms with Crippen molar-refractivity contribution in [1.82, 2.24) is 15.2 Å². The van der Waals surface area contributed by atoms with Crippen LogP contribution in [-0.4, -0.2) is 55.6 Å². The van der Waals surface area contributed by atoms with Gasteiger partial charge in [-0.05, 0) is 24.9 Å². The van der Waals surface area contributed by atoms with Gasteiger partial charge in [-0.2, -0.15) is 10.5 Å². The number of nitrogens with zero attached hydrogens (tertiary/aromatic N) is 5. The first-order chi connectivity index (χ1) is 12.2. The van der Waals surface area contributed by atoms with Crippen molar-refractivity contribution in [2.75, 3.05) is 44.2 Å². The van der Waals surface area contributed by atoms with Crippen LogP contribution in [0.4, 0.5) is 5.82 Å². The fraction of sp³-hybridized carbons (Fsp3) is 0.529. The standard InChI is InChI=1S/C17H21ClN6O/c1-2-13-14(10-19)16(18)22-17(15(13)11-20)24-8-6-23(7-9-24)5-3-4-21-12-25/h12H,2-9H2,1H3,(H,21,25). The number of rotatable bonds is 7. The average molecular weight is 361 g/mol. The van der Waals surface area contributed by atoms with E-state index in [1.54, 1.807) is 0 Å². The van der Waals surface area contributed by atoms with Gasteiger partial charge in [0.05, 0.1) is 11.1 Å². The lowest BCUT2D eigenvalue weighted by Crippen LogP contribution is -2.47. The summed E-state index contributed by atoms with van der Waals surface area (Å²) in [6, 6.07) is 4.26. The van der Waals surface area contributed by atoms with E-state index in [1.165, 1.54) is 0 Å². The topological polar surface area (TPSA) is 96.1 Å². The largest absolute Gasteiger partial charge is 0.359 e. The summed E-state index contributed by atoms with van der Waals surface area (Å²) in [5, 5.41) is 21.7. The van der Waals surface area contributed by atoms with Gasteiger partial charge in [0.2, 0.25) is 6.41 Å². The fourth-order valence-electron chi connectivity index (χ4n) is 3.05. The minimum absolute atomic E-state index is 0.163. The molecule has 1 aliphatic heterocycles. The quantitative estimate of drug-likeness (QED) is 0.447. The number of hydrogen-bond donors (Lipinski definition) is 1. The summed E-state index contributed by atoms with van der Waals surface area (Å²) in [6.07, 6.45) is 2.18. The van der Waals surface area contributed by atoms with Crippen molar-refractivity contribution in [2.45, 2.75) is 19.8 Å². The third kappa shape index (κ3) is 4.39. The number of pyridine rings is 1. The minimum Gasteiger partial charge on any atom is -0.359 e. The smallest absolute Gasteiger partial charge is 0.207 e. The van der Waals surface area contributed by atoms with Gasteiger partial charge in [0.1, 0.15) is 23.1 Å². The monoisotopic (exact) mass is 360 g/mol. The number of halogens is 1. The van der Waals surface area contributed by atoms with Gasteiger partial charge < -0.3 is 10.2 Å². The lowest BCUT2D eigenvalue weighted by atomic mass is 10.0. The Hall–Kier alpha value is -2.35. The zero-order valence-corrected chi connectivity index (χ0v) is 15.0. The molecule has 1 fully saturated rings. The molecule has 1 aromatic rings. The molecule has 1 aliphatic rings. The molecule has 1 amide bonds. The first kappa shape index (κ1) is 19.0. The van der Waals surface area contributed by atoms with Gasteiger partial charge >= 0.3 is 0 Å². The normalized spacial score (nSPS) is 14.6. The number of anilines is 1. The molecule has 132 valence electrons. The Balaban J connectivity index is 2.11. The second-order valence-electron chi connectivity index (χ2n) is 5.79. The third-order valence-corrected chi connectivity index (χ3v) is 4.64. The molecule has 2 heterocycles. The lowest BCUT2D eigenvalue weighted by molar-refractivity contribution is -0.109. The van der Waals surface area contributed by atoms with E-state index in [-0.39, 0.29) is 5.15 Å². The zero-order chi connectivity index (χ0) is 18.2. The van der Waals surface area contributed by atoms with Crippen LogP contribution in [0.2, 0.25) is 5.15 Å².